The van der Waals surface area contributed by atoms with Gasteiger partial charge in [-0.05, 0) is 48.6 Å². The van der Waals surface area contributed by atoms with E-state index in [2.05, 4.69) is 47.4 Å². The summed E-state index contributed by atoms with van der Waals surface area (Å²) in [6.07, 6.45) is 5.04. The first-order valence-corrected chi connectivity index (χ1v) is 11.8. The average Bonchev–Trinajstić information content (AvgIpc) is 3.30. The van der Waals surface area contributed by atoms with Crippen LogP contribution in [0, 0.1) is 0 Å². The molecule has 7 heteroatoms. The molecule has 3 aromatic carbocycles. The molecule has 2 heterocycles. The largest absolute Gasteiger partial charge is 0.366 e. The topological polar surface area (TPSA) is 99.3 Å². The van der Waals surface area contributed by atoms with Crippen LogP contribution in [0.1, 0.15) is 35.2 Å². The lowest BCUT2D eigenvalue weighted by Gasteiger charge is -2.38. The van der Waals surface area contributed by atoms with Gasteiger partial charge in [-0.1, -0.05) is 66.7 Å². The molecule has 4 N–H and O–H groups in total. The predicted octanol–water partition coefficient (Wildman–Crippen LogP) is 5.59. The molecule has 5 aromatic rings. The summed E-state index contributed by atoms with van der Waals surface area (Å²) >= 11 is 0. The van der Waals surface area contributed by atoms with Crippen LogP contribution in [0.5, 0.6) is 0 Å². The number of rotatable bonds is 5. The molecule has 1 saturated carbocycles. The second-order valence-corrected chi connectivity index (χ2v) is 9.21. The van der Waals surface area contributed by atoms with Gasteiger partial charge in [0.05, 0.1) is 17.6 Å². The molecule has 1 aliphatic rings. The van der Waals surface area contributed by atoms with Gasteiger partial charge in [-0.3, -0.25) is 4.79 Å². The standard InChI is InChI=1S/C29H25N5O.ClH/c30-28(35)22-9-7-20(8-10-22)25-18-32-26-17-24(19-5-2-1-3-6-19)27(33-34(25)26)21-11-13-23(14-12-21)29(31)15-4-16-29;/h1-3,5-14,17-18H,4,15-16,31H2,(H2,30,35);1H. The predicted molar refractivity (Wildman–Crippen MR) is 145 cm³/mol. The van der Waals surface area contributed by atoms with Crippen LogP contribution in [0.15, 0.2) is 91.1 Å². The van der Waals surface area contributed by atoms with E-state index in [1.54, 1.807) is 18.3 Å². The Kier molecular flexibility index (Phi) is 6.08. The van der Waals surface area contributed by atoms with Crippen LogP contribution in [0.4, 0.5) is 0 Å². The van der Waals surface area contributed by atoms with Crippen LogP contribution in [0.2, 0.25) is 0 Å². The summed E-state index contributed by atoms with van der Waals surface area (Å²) in [5.74, 6) is -0.452. The highest BCUT2D eigenvalue weighted by Crippen LogP contribution is 2.40. The second kappa shape index (κ2) is 9.22. The summed E-state index contributed by atoms with van der Waals surface area (Å²) < 4.78 is 1.85. The van der Waals surface area contributed by atoms with Crippen molar-refractivity contribution in [2.24, 2.45) is 11.5 Å². The van der Waals surface area contributed by atoms with Gasteiger partial charge in [0.1, 0.15) is 0 Å². The minimum absolute atomic E-state index is 0. The number of nitrogens with zero attached hydrogens (tertiary/aromatic N) is 3. The minimum atomic E-state index is -0.452. The van der Waals surface area contributed by atoms with Crippen LogP contribution < -0.4 is 11.5 Å². The van der Waals surface area contributed by atoms with Crippen molar-refractivity contribution in [2.45, 2.75) is 24.8 Å². The first-order chi connectivity index (χ1) is 17.0. The number of hydrogen-bond acceptors (Lipinski definition) is 4. The van der Waals surface area contributed by atoms with Crippen molar-refractivity contribution < 1.29 is 4.79 Å². The molecule has 0 unspecified atom stereocenters. The number of carbonyl (C=O) groups excluding carboxylic acids is 1. The molecule has 6 rings (SSSR count). The molecule has 0 spiro atoms. The summed E-state index contributed by atoms with van der Waals surface area (Å²) in [4.78, 5) is 16.1. The molecule has 6 nitrogen and oxygen atoms in total. The first kappa shape index (κ1) is 23.7. The van der Waals surface area contributed by atoms with Crippen molar-refractivity contribution in [1.82, 2.24) is 14.6 Å². The van der Waals surface area contributed by atoms with E-state index in [-0.39, 0.29) is 17.9 Å². The highest BCUT2D eigenvalue weighted by molar-refractivity contribution is 5.93. The molecule has 0 radical (unpaired) electrons. The first-order valence-electron chi connectivity index (χ1n) is 11.8. The molecule has 0 bridgehead atoms. The monoisotopic (exact) mass is 495 g/mol. The number of imidazole rings is 1. The lowest BCUT2D eigenvalue weighted by Crippen LogP contribution is -2.43. The van der Waals surface area contributed by atoms with Crippen molar-refractivity contribution >= 4 is 24.0 Å². The van der Waals surface area contributed by atoms with Gasteiger partial charge in [0.15, 0.2) is 5.65 Å². The molecule has 2 aromatic heterocycles. The lowest BCUT2D eigenvalue weighted by atomic mass is 9.72. The number of fused-ring (bicyclic) bond motifs is 1. The maximum atomic E-state index is 11.5. The third kappa shape index (κ3) is 4.04. The molecule has 0 atom stereocenters. The van der Waals surface area contributed by atoms with Gasteiger partial charge in [0.25, 0.3) is 0 Å². The molecule has 180 valence electrons. The maximum Gasteiger partial charge on any atom is 0.248 e. The smallest absolute Gasteiger partial charge is 0.248 e. The van der Waals surface area contributed by atoms with Crippen molar-refractivity contribution in [3.05, 3.63) is 102 Å². The van der Waals surface area contributed by atoms with Gasteiger partial charge >= 0.3 is 0 Å². The zero-order chi connectivity index (χ0) is 24.0. The summed E-state index contributed by atoms with van der Waals surface area (Å²) in [6, 6.07) is 28.0. The van der Waals surface area contributed by atoms with Crippen molar-refractivity contribution in [3.8, 4) is 33.6 Å². The maximum absolute atomic E-state index is 11.5. The third-order valence-electron chi connectivity index (χ3n) is 7.02. The molecule has 36 heavy (non-hydrogen) atoms. The number of nitrogens with two attached hydrogens (primary N) is 2. The van der Waals surface area contributed by atoms with Gasteiger partial charge in [0, 0.05) is 27.8 Å². The Balaban J connectivity index is 0.00000267. The number of aromatic nitrogens is 3. The summed E-state index contributed by atoms with van der Waals surface area (Å²) in [7, 11) is 0. The fourth-order valence-electron chi connectivity index (χ4n) is 4.77. The number of halogens is 1. The van der Waals surface area contributed by atoms with Crippen molar-refractivity contribution in [3.63, 3.8) is 0 Å². The van der Waals surface area contributed by atoms with Gasteiger partial charge in [-0.2, -0.15) is 5.10 Å². The van der Waals surface area contributed by atoms with Gasteiger partial charge < -0.3 is 11.5 Å². The van der Waals surface area contributed by atoms with Crippen LogP contribution in [-0.4, -0.2) is 20.5 Å². The van der Waals surface area contributed by atoms with E-state index in [4.69, 9.17) is 16.6 Å². The zero-order valence-electron chi connectivity index (χ0n) is 19.6. The summed E-state index contributed by atoms with van der Waals surface area (Å²) in [5, 5.41) is 5.07. The second-order valence-electron chi connectivity index (χ2n) is 9.21. The van der Waals surface area contributed by atoms with E-state index in [9.17, 15) is 4.79 Å². The number of benzene rings is 3. The van der Waals surface area contributed by atoms with E-state index in [0.717, 1.165) is 52.1 Å². The van der Waals surface area contributed by atoms with E-state index >= 15 is 0 Å². The van der Waals surface area contributed by atoms with Crippen LogP contribution in [0.3, 0.4) is 0 Å². The van der Waals surface area contributed by atoms with Crippen LogP contribution in [0.25, 0.3) is 39.3 Å². The Labute approximate surface area is 215 Å². The van der Waals surface area contributed by atoms with Gasteiger partial charge in [-0.25, -0.2) is 9.50 Å². The Morgan fingerprint density at radius 3 is 2.14 bits per heavy atom. The van der Waals surface area contributed by atoms with Crippen molar-refractivity contribution in [2.75, 3.05) is 0 Å². The van der Waals surface area contributed by atoms with E-state index in [1.807, 2.05) is 34.8 Å². The Morgan fingerprint density at radius 1 is 0.861 bits per heavy atom. The molecular formula is C29H26ClN5O. The fourth-order valence-corrected chi connectivity index (χ4v) is 4.77. The van der Waals surface area contributed by atoms with E-state index in [0.29, 0.717) is 5.56 Å². The molecule has 1 fully saturated rings. The lowest BCUT2D eigenvalue weighted by molar-refractivity contribution is 0.100. The summed E-state index contributed by atoms with van der Waals surface area (Å²) in [5.41, 5.74) is 19.8. The number of primary amides is 1. The Bertz CT molecular complexity index is 1540. The van der Waals surface area contributed by atoms with E-state index in [1.165, 1.54) is 12.0 Å². The highest BCUT2D eigenvalue weighted by atomic mass is 35.5. The van der Waals surface area contributed by atoms with Crippen LogP contribution >= 0.6 is 12.4 Å². The molecule has 1 aliphatic carbocycles. The molecule has 0 saturated heterocycles. The molecule has 1 amide bonds. The number of amides is 1. The SMILES string of the molecule is Cl.NC(=O)c1ccc(-c2cnc3cc(-c4ccccc4)c(-c4ccc(C5(N)CCC5)cc4)nn23)cc1. The summed E-state index contributed by atoms with van der Waals surface area (Å²) in [6.45, 7) is 0. The Morgan fingerprint density at radius 2 is 1.53 bits per heavy atom. The van der Waals surface area contributed by atoms with Crippen molar-refractivity contribution in [1.29, 1.82) is 0 Å². The molecule has 0 aliphatic heterocycles. The van der Waals surface area contributed by atoms with E-state index < -0.39 is 5.91 Å². The minimum Gasteiger partial charge on any atom is -0.366 e. The number of carbonyl (C=O) groups is 1. The Hall–Kier alpha value is -4.00. The molecular weight excluding hydrogens is 470 g/mol. The number of hydrogen-bond donors (Lipinski definition) is 2. The van der Waals surface area contributed by atoms with Gasteiger partial charge in [-0.15, -0.1) is 12.4 Å². The zero-order valence-corrected chi connectivity index (χ0v) is 20.4. The normalized spacial score (nSPS) is 14.1. The van der Waals surface area contributed by atoms with Crippen LogP contribution in [-0.2, 0) is 5.54 Å². The van der Waals surface area contributed by atoms with Gasteiger partial charge in [0.2, 0.25) is 5.91 Å². The quantitative estimate of drug-likeness (QED) is 0.332. The third-order valence-corrected chi connectivity index (χ3v) is 7.02. The highest BCUT2D eigenvalue weighted by Gasteiger charge is 2.34. The fraction of sp³-hybridized carbons (Fsp3) is 0.138. The average molecular weight is 496 g/mol.